The van der Waals surface area contributed by atoms with E-state index in [9.17, 15) is 31.1 Å². The second-order valence-electron chi connectivity index (χ2n) is 10.0. The van der Waals surface area contributed by atoms with Crippen LogP contribution in [0.1, 0.15) is 60.8 Å². The number of amides is 1. The Morgan fingerprint density at radius 2 is 1.49 bits per heavy atom. The van der Waals surface area contributed by atoms with Crippen LogP contribution in [0.4, 0.5) is 26.3 Å². The smallest absolute Gasteiger partial charge is 0.346 e. The van der Waals surface area contributed by atoms with Crippen LogP contribution in [0.25, 0.3) is 0 Å². The van der Waals surface area contributed by atoms with Gasteiger partial charge in [-0.1, -0.05) is 30.3 Å². The summed E-state index contributed by atoms with van der Waals surface area (Å²) in [6.07, 6.45) is -7.04. The molecule has 1 saturated carbocycles. The number of carbonyl (C=O) groups excluding carboxylic acids is 1. The second kappa shape index (κ2) is 10.6. The first-order chi connectivity index (χ1) is 17.4. The first kappa shape index (κ1) is 27.4. The van der Waals surface area contributed by atoms with E-state index in [2.05, 4.69) is 15.5 Å². The Hall–Kier alpha value is -2.59. The van der Waals surface area contributed by atoms with Crippen molar-refractivity contribution in [2.24, 2.45) is 0 Å². The van der Waals surface area contributed by atoms with Gasteiger partial charge in [0, 0.05) is 32.2 Å². The molecule has 10 heteroatoms. The molecule has 0 unspecified atom stereocenters. The molecule has 0 radical (unpaired) electrons. The highest BCUT2D eigenvalue weighted by Crippen LogP contribution is 2.41. The van der Waals surface area contributed by atoms with Crippen LogP contribution in [0, 0.1) is 0 Å². The predicted octanol–water partition coefficient (Wildman–Crippen LogP) is 5.69. The third-order valence-electron chi connectivity index (χ3n) is 7.67. The molecule has 1 heterocycles. The van der Waals surface area contributed by atoms with Crippen molar-refractivity contribution in [3.63, 3.8) is 0 Å². The number of piperazine rings is 1. The maximum absolute atomic E-state index is 13.4. The number of rotatable bonds is 5. The molecule has 202 valence electrons. The predicted molar refractivity (Wildman–Crippen MR) is 128 cm³/mol. The maximum atomic E-state index is 13.4. The Labute approximate surface area is 212 Å². The van der Waals surface area contributed by atoms with Gasteiger partial charge in [-0.15, -0.1) is 0 Å². The summed E-state index contributed by atoms with van der Waals surface area (Å²) < 4.78 is 80.2. The molecule has 2 aromatic carbocycles. The van der Waals surface area contributed by atoms with E-state index in [1.54, 1.807) is 0 Å². The van der Waals surface area contributed by atoms with Gasteiger partial charge in [0.25, 0.3) is 0 Å². The van der Waals surface area contributed by atoms with Crippen LogP contribution < -0.4 is 10.6 Å². The molecule has 1 amide bonds. The van der Waals surface area contributed by atoms with Crippen LogP contribution in [-0.2, 0) is 22.7 Å². The van der Waals surface area contributed by atoms with Gasteiger partial charge in [-0.05, 0) is 61.9 Å². The van der Waals surface area contributed by atoms with Crippen molar-refractivity contribution in [2.45, 2.75) is 62.5 Å². The van der Waals surface area contributed by atoms with Gasteiger partial charge in [0.2, 0.25) is 5.91 Å². The average molecular weight is 528 g/mol. The van der Waals surface area contributed by atoms with Crippen molar-refractivity contribution in [1.29, 1.82) is 0 Å². The van der Waals surface area contributed by atoms with Crippen molar-refractivity contribution < 1.29 is 31.1 Å². The Balaban J connectivity index is 1.59. The summed E-state index contributed by atoms with van der Waals surface area (Å²) in [5.41, 5.74) is -3.03. The summed E-state index contributed by atoms with van der Waals surface area (Å²) in [5, 5.41) is 6.39. The van der Waals surface area contributed by atoms with Gasteiger partial charge in [-0.3, -0.25) is 9.69 Å². The topological polar surface area (TPSA) is 44.4 Å². The van der Waals surface area contributed by atoms with Crippen molar-refractivity contribution in [3.8, 4) is 0 Å². The lowest BCUT2D eigenvalue weighted by Crippen LogP contribution is -2.54. The van der Waals surface area contributed by atoms with Crippen LogP contribution in [0.3, 0.4) is 0 Å². The highest BCUT2D eigenvalue weighted by atomic mass is 19.4. The van der Waals surface area contributed by atoms with E-state index in [4.69, 9.17) is 0 Å². The summed E-state index contributed by atoms with van der Waals surface area (Å²) in [6.45, 7) is 5.08. The Bertz CT molecular complexity index is 1040. The average Bonchev–Trinajstić information content (AvgIpc) is 2.88. The monoisotopic (exact) mass is 527 g/mol. The third kappa shape index (κ3) is 6.29. The molecular formula is C27H31F6N3O. The van der Waals surface area contributed by atoms with E-state index in [0.29, 0.717) is 31.0 Å². The number of alkyl halides is 6. The van der Waals surface area contributed by atoms with Crippen LogP contribution in [0.5, 0.6) is 0 Å². The first-order valence-corrected chi connectivity index (χ1v) is 12.5. The third-order valence-corrected chi connectivity index (χ3v) is 7.67. The van der Waals surface area contributed by atoms with Gasteiger partial charge in [-0.25, -0.2) is 0 Å². The van der Waals surface area contributed by atoms with Gasteiger partial charge in [0.1, 0.15) is 0 Å². The van der Waals surface area contributed by atoms with Crippen molar-refractivity contribution >= 4 is 5.91 Å². The highest BCUT2D eigenvalue weighted by Gasteiger charge is 2.42. The lowest BCUT2D eigenvalue weighted by molar-refractivity contribution is -0.143. The zero-order chi connectivity index (χ0) is 26.8. The lowest BCUT2D eigenvalue weighted by atomic mass is 9.74. The fourth-order valence-electron chi connectivity index (χ4n) is 5.48. The molecule has 0 spiro atoms. The molecule has 2 N–H and O–H groups in total. The Morgan fingerprint density at radius 1 is 0.946 bits per heavy atom. The van der Waals surface area contributed by atoms with E-state index in [1.165, 1.54) is 6.92 Å². The van der Waals surface area contributed by atoms with E-state index in [0.717, 1.165) is 44.6 Å². The van der Waals surface area contributed by atoms with Crippen LogP contribution in [0.2, 0.25) is 0 Å². The zero-order valence-electron chi connectivity index (χ0n) is 20.6. The fraction of sp³-hybridized carbons (Fsp3) is 0.519. The standard InChI is InChI=1S/C27H31F6N3O/c1-18(19-15-21(26(28,29)30)17-22(16-19)27(31,32)33)24(37)35-25(20-5-3-2-4-6-20)9-7-23(8-10-25)36-13-11-34-12-14-36/h2-6,15-18,23,34H,7-14H2,1H3,(H,35,37)/t18-,23?,25?/m0/s1. The zero-order valence-corrected chi connectivity index (χ0v) is 20.6. The molecule has 2 aromatic rings. The summed E-state index contributed by atoms with van der Waals surface area (Å²) in [5.74, 6) is -1.81. The first-order valence-electron chi connectivity index (χ1n) is 12.5. The summed E-state index contributed by atoms with van der Waals surface area (Å²) in [7, 11) is 0. The minimum absolute atomic E-state index is 0.0803. The quantitative estimate of drug-likeness (QED) is 0.492. The van der Waals surface area contributed by atoms with Gasteiger partial charge >= 0.3 is 12.4 Å². The van der Waals surface area contributed by atoms with E-state index in [1.807, 2.05) is 30.3 Å². The normalized spacial score (nSPS) is 24.5. The van der Waals surface area contributed by atoms with Crippen molar-refractivity contribution in [1.82, 2.24) is 15.5 Å². The number of benzene rings is 2. The lowest BCUT2D eigenvalue weighted by Gasteiger charge is -2.45. The Kier molecular flexibility index (Phi) is 7.90. The molecule has 2 fully saturated rings. The maximum Gasteiger partial charge on any atom is 0.416 e. The Morgan fingerprint density at radius 3 is 2.00 bits per heavy atom. The summed E-state index contributed by atoms with van der Waals surface area (Å²) >= 11 is 0. The van der Waals surface area contributed by atoms with Crippen molar-refractivity contribution in [3.05, 3.63) is 70.8 Å². The van der Waals surface area contributed by atoms with Crippen molar-refractivity contribution in [2.75, 3.05) is 26.2 Å². The molecule has 37 heavy (non-hydrogen) atoms. The van der Waals surface area contributed by atoms with Gasteiger partial charge < -0.3 is 10.6 Å². The molecule has 4 nitrogen and oxygen atoms in total. The minimum Gasteiger partial charge on any atom is -0.346 e. The number of hydrogen-bond acceptors (Lipinski definition) is 3. The molecular weight excluding hydrogens is 496 g/mol. The molecule has 1 aliphatic heterocycles. The summed E-state index contributed by atoms with van der Waals surface area (Å²) in [6, 6.07) is 11.1. The number of hydrogen-bond donors (Lipinski definition) is 2. The van der Waals surface area contributed by atoms with E-state index >= 15 is 0 Å². The number of carbonyl (C=O) groups is 1. The van der Waals surface area contributed by atoms with Gasteiger partial charge in [-0.2, -0.15) is 26.3 Å². The van der Waals surface area contributed by atoms with Gasteiger partial charge in [0.15, 0.2) is 0 Å². The molecule has 0 bridgehead atoms. The SMILES string of the molecule is C[C@H](C(=O)NC1(c2ccccc2)CCC(N2CCNCC2)CC1)c1cc(C(F)(F)F)cc(C(F)(F)F)c1. The van der Waals surface area contributed by atoms with E-state index < -0.39 is 40.8 Å². The van der Waals surface area contributed by atoms with Crippen LogP contribution >= 0.6 is 0 Å². The fourth-order valence-corrected chi connectivity index (χ4v) is 5.48. The molecule has 1 saturated heterocycles. The number of nitrogens with zero attached hydrogens (tertiary/aromatic N) is 1. The van der Waals surface area contributed by atoms with Crippen LogP contribution in [-0.4, -0.2) is 43.0 Å². The summed E-state index contributed by atoms with van der Waals surface area (Å²) in [4.78, 5) is 15.8. The van der Waals surface area contributed by atoms with E-state index in [-0.39, 0.29) is 11.6 Å². The van der Waals surface area contributed by atoms with Gasteiger partial charge in [0.05, 0.1) is 22.6 Å². The largest absolute Gasteiger partial charge is 0.416 e. The molecule has 1 aliphatic carbocycles. The molecule has 1 atom stereocenters. The molecule has 2 aliphatic rings. The highest BCUT2D eigenvalue weighted by molar-refractivity contribution is 5.84. The molecule has 0 aromatic heterocycles. The number of halogens is 6. The molecule has 4 rings (SSSR count). The number of nitrogens with one attached hydrogen (secondary N) is 2. The minimum atomic E-state index is -4.97. The second-order valence-corrected chi connectivity index (χ2v) is 10.0. The van der Waals surface area contributed by atoms with Crippen LogP contribution in [0.15, 0.2) is 48.5 Å².